The van der Waals surface area contributed by atoms with E-state index in [1.807, 2.05) is 38.7 Å². The standard InChI is InChI=1S/C22H33N3O4/c1-6-25-17-15-19(28-5)18(14-16(17)8-7-9-20(25)26)23-10-12-24(13-11-23)21(27)29-22(2,3)4/h14-15H,6-13H2,1-5H3. The van der Waals surface area contributed by atoms with Gasteiger partial charge in [-0.3, -0.25) is 4.79 Å². The van der Waals surface area contributed by atoms with Crippen molar-refractivity contribution in [2.75, 3.05) is 49.6 Å². The number of methoxy groups -OCH3 is 1. The van der Waals surface area contributed by atoms with E-state index in [0.29, 0.717) is 39.1 Å². The summed E-state index contributed by atoms with van der Waals surface area (Å²) < 4.78 is 11.2. The number of carbonyl (C=O) groups is 2. The fourth-order valence-electron chi connectivity index (χ4n) is 3.97. The number of benzene rings is 1. The first kappa shape index (κ1) is 21.3. The molecule has 7 heteroatoms. The van der Waals surface area contributed by atoms with Crippen molar-refractivity contribution < 1.29 is 19.1 Å². The third-order valence-electron chi connectivity index (χ3n) is 5.40. The van der Waals surface area contributed by atoms with Crippen LogP contribution in [0.3, 0.4) is 0 Å². The van der Waals surface area contributed by atoms with E-state index < -0.39 is 5.60 Å². The molecule has 29 heavy (non-hydrogen) atoms. The maximum atomic E-state index is 12.4. The molecule has 0 aliphatic carbocycles. The number of hydrogen-bond acceptors (Lipinski definition) is 5. The Morgan fingerprint density at radius 2 is 1.76 bits per heavy atom. The van der Waals surface area contributed by atoms with Gasteiger partial charge in [0.15, 0.2) is 0 Å². The molecule has 160 valence electrons. The highest BCUT2D eigenvalue weighted by Gasteiger charge is 2.29. The van der Waals surface area contributed by atoms with Gasteiger partial charge >= 0.3 is 6.09 Å². The van der Waals surface area contributed by atoms with Crippen molar-refractivity contribution in [2.45, 2.75) is 52.6 Å². The van der Waals surface area contributed by atoms with E-state index in [1.165, 1.54) is 5.56 Å². The Balaban J connectivity index is 1.79. The number of anilines is 2. The molecular formula is C22H33N3O4. The normalized spacial score (nSPS) is 17.7. The highest BCUT2D eigenvalue weighted by Crippen LogP contribution is 2.38. The SMILES string of the molecule is CCN1C(=O)CCCc2cc(N3CCN(C(=O)OC(C)(C)C)CC3)c(OC)cc21. The molecule has 0 unspecified atom stereocenters. The molecule has 1 saturated heterocycles. The summed E-state index contributed by atoms with van der Waals surface area (Å²) in [5.74, 6) is 0.939. The molecule has 0 N–H and O–H groups in total. The van der Waals surface area contributed by atoms with Crippen LogP contribution in [0.15, 0.2) is 12.1 Å². The summed E-state index contributed by atoms with van der Waals surface area (Å²) in [6.07, 6.45) is 2.06. The highest BCUT2D eigenvalue weighted by molar-refractivity contribution is 5.95. The zero-order chi connectivity index (χ0) is 21.2. The first-order valence-corrected chi connectivity index (χ1v) is 10.5. The number of nitrogens with zero attached hydrogens (tertiary/aromatic N) is 3. The van der Waals surface area contributed by atoms with Gasteiger partial charge in [-0.1, -0.05) is 0 Å². The van der Waals surface area contributed by atoms with Crippen LogP contribution in [0.4, 0.5) is 16.2 Å². The molecule has 2 heterocycles. The van der Waals surface area contributed by atoms with Gasteiger partial charge in [0, 0.05) is 45.2 Å². The third kappa shape index (κ3) is 4.77. The Morgan fingerprint density at radius 3 is 2.34 bits per heavy atom. The van der Waals surface area contributed by atoms with Crippen molar-refractivity contribution in [1.29, 1.82) is 0 Å². The Hall–Kier alpha value is -2.44. The van der Waals surface area contributed by atoms with E-state index in [-0.39, 0.29) is 12.0 Å². The fraction of sp³-hybridized carbons (Fsp3) is 0.636. The molecule has 0 aromatic heterocycles. The number of aryl methyl sites for hydroxylation is 1. The van der Waals surface area contributed by atoms with Gasteiger partial charge in [0.1, 0.15) is 11.4 Å². The lowest BCUT2D eigenvalue weighted by atomic mass is 10.0. The zero-order valence-electron chi connectivity index (χ0n) is 18.3. The van der Waals surface area contributed by atoms with E-state index in [0.717, 1.165) is 30.0 Å². The van der Waals surface area contributed by atoms with Crippen LogP contribution in [-0.4, -0.2) is 62.3 Å². The molecule has 1 aromatic carbocycles. The monoisotopic (exact) mass is 403 g/mol. The van der Waals surface area contributed by atoms with E-state index in [4.69, 9.17) is 9.47 Å². The van der Waals surface area contributed by atoms with Gasteiger partial charge in [-0.2, -0.15) is 0 Å². The highest BCUT2D eigenvalue weighted by atomic mass is 16.6. The minimum Gasteiger partial charge on any atom is -0.495 e. The van der Waals surface area contributed by atoms with E-state index in [9.17, 15) is 9.59 Å². The van der Waals surface area contributed by atoms with Gasteiger partial charge in [-0.15, -0.1) is 0 Å². The molecule has 3 rings (SSSR count). The number of rotatable bonds is 3. The van der Waals surface area contributed by atoms with Gasteiger partial charge in [0.05, 0.1) is 18.5 Å². The van der Waals surface area contributed by atoms with Crippen molar-refractivity contribution in [3.8, 4) is 5.75 Å². The first-order chi connectivity index (χ1) is 13.7. The largest absolute Gasteiger partial charge is 0.495 e. The van der Waals surface area contributed by atoms with Crippen molar-refractivity contribution >= 4 is 23.4 Å². The topological polar surface area (TPSA) is 62.3 Å². The van der Waals surface area contributed by atoms with E-state index in [2.05, 4.69) is 11.0 Å². The number of piperazine rings is 1. The average Bonchev–Trinajstić information content (AvgIpc) is 2.83. The molecule has 0 spiro atoms. The van der Waals surface area contributed by atoms with E-state index in [1.54, 1.807) is 12.0 Å². The van der Waals surface area contributed by atoms with Crippen LogP contribution in [-0.2, 0) is 16.0 Å². The Morgan fingerprint density at radius 1 is 1.07 bits per heavy atom. The van der Waals surface area contributed by atoms with Gasteiger partial charge in [-0.05, 0) is 52.2 Å². The maximum absolute atomic E-state index is 12.4. The molecule has 0 radical (unpaired) electrons. The lowest BCUT2D eigenvalue weighted by Gasteiger charge is -2.37. The molecule has 0 saturated carbocycles. The molecule has 0 bridgehead atoms. The number of fused-ring (bicyclic) bond motifs is 1. The van der Waals surface area contributed by atoms with Crippen molar-refractivity contribution in [3.05, 3.63) is 17.7 Å². The summed E-state index contributed by atoms with van der Waals surface area (Å²) >= 11 is 0. The molecule has 1 aromatic rings. The molecule has 2 amide bonds. The molecule has 7 nitrogen and oxygen atoms in total. The van der Waals surface area contributed by atoms with Gasteiger partial charge in [0.25, 0.3) is 0 Å². The summed E-state index contributed by atoms with van der Waals surface area (Å²) in [6, 6.07) is 4.16. The van der Waals surface area contributed by atoms with E-state index >= 15 is 0 Å². The number of carbonyl (C=O) groups excluding carboxylic acids is 2. The number of hydrogen-bond donors (Lipinski definition) is 0. The van der Waals surface area contributed by atoms with Gasteiger partial charge in [0.2, 0.25) is 5.91 Å². The minimum atomic E-state index is -0.489. The molecule has 0 atom stereocenters. The number of ether oxygens (including phenoxy) is 2. The second-order valence-electron chi connectivity index (χ2n) is 8.60. The number of amides is 2. The maximum Gasteiger partial charge on any atom is 0.410 e. The van der Waals surface area contributed by atoms with Gasteiger partial charge < -0.3 is 24.2 Å². The lowest BCUT2D eigenvalue weighted by Crippen LogP contribution is -2.50. The van der Waals surface area contributed by atoms with Crippen molar-refractivity contribution in [1.82, 2.24) is 4.90 Å². The van der Waals surface area contributed by atoms with Crippen LogP contribution >= 0.6 is 0 Å². The van der Waals surface area contributed by atoms with Crippen LogP contribution in [0, 0.1) is 0 Å². The summed E-state index contributed by atoms with van der Waals surface area (Å²) in [5.41, 5.74) is 2.68. The Bertz CT molecular complexity index is 764. The predicted molar refractivity (Wildman–Crippen MR) is 114 cm³/mol. The van der Waals surface area contributed by atoms with Crippen LogP contribution in [0.1, 0.15) is 46.1 Å². The Labute approximate surface area is 173 Å². The summed E-state index contributed by atoms with van der Waals surface area (Å²) in [4.78, 5) is 30.6. The molecule has 2 aliphatic heterocycles. The predicted octanol–water partition coefficient (Wildman–Crippen LogP) is 3.44. The molecular weight excluding hydrogens is 370 g/mol. The van der Waals surface area contributed by atoms with Crippen LogP contribution < -0.4 is 14.5 Å². The van der Waals surface area contributed by atoms with Crippen LogP contribution in [0.5, 0.6) is 5.75 Å². The van der Waals surface area contributed by atoms with Crippen LogP contribution in [0.25, 0.3) is 0 Å². The minimum absolute atomic E-state index is 0.173. The second-order valence-corrected chi connectivity index (χ2v) is 8.60. The van der Waals surface area contributed by atoms with Crippen molar-refractivity contribution in [3.63, 3.8) is 0 Å². The quantitative estimate of drug-likeness (QED) is 0.774. The lowest BCUT2D eigenvalue weighted by molar-refractivity contribution is -0.118. The third-order valence-corrected chi connectivity index (χ3v) is 5.40. The first-order valence-electron chi connectivity index (χ1n) is 10.5. The summed E-state index contributed by atoms with van der Waals surface area (Å²) in [7, 11) is 1.66. The summed E-state index contributed by atoms with van der Waals surface area (Å²) in [5, 5.41) is 0. The van der Waals surface area contributed by atoms with Gasteiger partial charge in [-0.25, -0.2) is 4.79 Å². The summed E-state index contributed by atoms with van der Waals surface area (Å²) in [6.45, 7) is 10.9. The smallest absolute Gasteiger partial charge is 0.410 e. The molecule has 1 fully saturated rings. The Kier molecular flexibility index (Phi) is 6.24. The van der Waals surface area contributed by atoms with Crippen LogP contribution in [0.2, 0.25) is 0 Å². The zero-order valence-corrected chi connectivity index (χ0v) is 18.3. The average molecular weight is 404 g/mol. The second kappa shape index (κ2) is 8.51. The molecule has 2 aliphatic rings. The fourth-order valence-corrected chi connectivity index (χ4v) is 3.97. The van der Waals surface area contributed by atoms with Crippen molar-refractivity contribution in [2.24, 2.45) is 0 Å².